The van der Waals surface area contributed by atoms with Crippen LogP contribution in [0.5, 0.6) is 0 Å². The van der Waals surface area contributed by atoms with Gasteiger partial charge in [0.15, 0.2) is 0 Å². The first-order chi connectivity index (χ1) is 31.3. The molecule has 0 aliphatic heterocycles. The number of fused-ring (bicyclic) bond motifs is 6. The van der Waals surface area contributed by atoms with Crippen LogP contribution in [-0.4, -0.2) is 0 Å². The van der Waals surface area contributed by atoms with Gasteiger partial charge in [-0.05, 0) is 69.3 Å². The van der Waals surface area contributed by atoms with Crippen LogP contribution in [-0.2, 0) is 5.41 Å². The first-order valence-electron chi connectivity index (χ1n) is 21.9. The standard InChI is InChI=1S/C61H43NO/c1-4-18-42(19-5-1)49-27-16-28-50(43-20-6-2-7-21-43)59(49)62(47-38-34-44(35-39-47)51-29-17-30-55-54-26-12-15-33-58(54)63-60(51)55)48-40-36-46(37-41-48)61(45-22-8-3-9-23-45)56-31-13-10-24-52(56)53-25-11-14-32-57(53)61/h1-41,52,56H. The second-order valence-corrected chi connectivity index (χ2v) is 16.7. The summed E-state index contributed by atoms with van der Waals surface area (Å²) < 4.78 is 6.51. The van der Waals surface area contributed by atoms with E-state index >= 15 is 0 Å². The summed E-state index contributed by atoms with van der Waals surface area (Å²) in [5.41, 5.74) is 16.9. The number of allylic oxidation sites excluding steroid dienone is 4. The van der Waals surface area contributed by atoms with Crippen LogP contribution in [0.15, 0.2) is 253 Å². The summed E-state index contributed by atoms with van der Waals surface area (Å²) in [7, 11) is 0. The highest BCUT2D eigenvalue weighted by Crippen LogP contribution is 2.60. The number of rotatable bonds is 8. The Morgan fingerprint density at radius 3 is 1.63 bits per heavy atom. The molecule has 0 saturated carbocycles. The molecule has 0 amide bonds. The summed E-state index contributed by atoms with van der Waals surface area (Å²) in [5, 5.41) is 2.26. The average Bonchev–Trinajstić information content (AvgIpc) is 3.90. The van der Waals surface area contributed by atoms with Crippen LogP contribution in [0, 0.1) is 5.92 Å². The molecule has 3 unspecified atom stereocenters. The summed E-state index contributed by atoms with van der Waals surface area (Å²) >= 11 is 0. The first-order valence-corrected chi connectivity index (χ1v) is 21.9. The van der Waals surface area contributed by atoms with Crippen molar-refractivity contribution in [1.82, 2.24) is 0 Å². The zero-order valence-electron chi connectivity index (χ0n) is 34.7. The molecular formula is C61H43NO. The number of hydrogen-bond acceptors (Lipinski definition) is 2. The third-order valence-corrected chi connectivity index (χ3v) is 13.5. The van der Waals surface area contributed by atoms with Gasteiger partial charge in [-0.1, -0.05) is 218 Å². The predicted molar refractivity (Wildman–Crippen MR) is 262 cm³/mol. The quantitative estimate of drug-likeness (QED) is 0.152. The Hall–Kier alpha value is -7.94. The Labute approximate surface area is 368 Å². The van der Waals surface area contributed by atoms with E-state index in [-0.39, 0.29) is 17.3 Å². The van der Waals surface area contributed by atoms with E-state index in [1.165, 1.54) is 22.3 Å². The minimum atomic E-state index is -0.371. The van der Waals surface area contributed by atoms with Crippen molar-refractivity contribution in [3.05, 3.63) is 271 Å². The van der Waals surface area contributed by atoms with Crippen molar-refractivity contribution in [1.29, 1.82) is 0 Å². The molecule has 0 fully saturated rings. The van der Waals surface area contributed by atoms with E-state index in [9.17, 15) is 0 Å². The highest BCUT2D eigenvalue weighted by molar-refractivity contribution is 6.09. The van der Waals surface area contributed by atoms with Gasteiger partial charge in [0.2, 0.25) is 0 Å². The lowest BCUT2D eigenvalue weighted by Crippen LogP contribution is -2.35. The van der Waals surface area contributed by atoms with E-state index in [0.717, 1.165) is 72.4 Å². The highest BCUT2D eigenvalue weighted by atomic mass is 16.3. The Morgan fingerprint density at radius 2 is 0.921 bits per heavy atom. The molecule has 9 aromatic carbocycles. The van der Waals surface area contributed by atoms with E-state index in [1.807, 2.05) is 12.1 Å². The van der Waals surface area contributed by atoms with Gasteiger partial charge in [-0.3, -0.25) is 0 Å². The van der Waals surface area contributed by atoms with Crippen molar-refractivity contribution < 1.29 is 4.42 Å². The zero-order valence-corrected chi connectivity index (χ0v) is 34.7. The number of anilines is 3. The van der Waals surface area contributed by atoms with E-state index < -0.39 is 0 Å². The molecule has 10 aromatic rings. The summed E-state index contributed by atoms with van der Waals surface area (Å²) in [6.07, 6.45) is 9.30. The fourth-order valence-corrected chi connectivity index (χ4v) is 10.7. The average molecular weight is 806 g/mol. The van der Waals surface area contributed by atoms with Gasteiger partial charge >= 0.3 is 0 Å². The first kappa shape index (κ1) is 36.9. The number of furan rings is 1. The molecule has 0 spiro atoms. The van der Waals surface area contributed by atoms with E-state index in [4.69, 9.17) is 4.42 Å². The maximum Gasteiger partial charge on any atom is 0.143 e. The summed E-state index contributed by atoms with van der Waals surface area (Å²) in [6.45, 7) is 0. The van der Waals surface area contributed by atoms with Crippen molar-refractivity contribution in [3.8, 4) is 33.4 Å². The SMILES string of the molecule is C1=CC2c3ccccc3C(c3ccccc3)(c3ccc(N(c4ccc(-c5cccc6c5oc5ccccc56)cc4)c4c(-c5ccccc5)cccc4-c4ccccc4)cc3)C2C=C1. The van der Waals surface area contributed by atoms with E-state index in [2.05, 4.69) is 242 Å². The van der Waals surface area contributed by atoms with Crippen molar-refractivity contribution in [2.75, 3.05) is 4.90 Å². The van der Waals surface area contributed by atoms with Crippen LogP contribution in [0.25, 0.3) is 55.3 Å². The predicted octanol–water partition coefficient (Wildman–Crippen LogP) is 16.2. The molecule has 2 aliphatic rings. The molecule has 1 aromatic heterocycles. The molecule has 0 saturated heterocycles. The van der Waals surface area contributed by atoms with Crippen LogP contribution < -0.4 is 4.90 Å². The van der Waals surface area contributed by atoms with Crippen molar-refractivity contribution >= 4 is 39.0 Å². The fraction of sp³-hybridized carbons (Fsp3) is 0.0492. The van der Waals surface area contributed by atoms with Crippen LogP contribution in [0.2, 0.25) is 0 Å². The van der Waals surface area contributed by atoms with Crippen molar-refractivity contribution in [2.45, 2.75) is 11.3 Å². The van der Waals surface area contributed by atoms with Gasteiger partial charge in [0, 0.05) is 50.7 Å². The van der Waals surface area contributed by atoms with Crippen LogP contribution in [0.1, 0.15) is 28.2 Å². The highest BCUT2D eigenvalue weighted by Gasteiger charge is 2.52. The molecule has 0 bridgehead atoms. The Kier molecular flexibility index (Phi) is 8.90. The number of benzene rings is 9. The van der Waals surface area contributed by atoms with Gasteiger partial charge in [0.1, 0.15) is 11.2 Å². The van der Waals surface area contributed by atoms with Gasteiger partial charge in [0.25, 0.3) is 0 Å². The molecule has 298 valence electrons. The monoisotopic (exact) mass is 805 g/mol. The van der Waals surface area contributed by atoms with Crippen LogP contribution in [0.4, 0.5) is 17.1 Å². The van der Waals surface area contributed by atoms with E-state index in [1.54, 1.807) is 0 Å². The summed E-state index contributed by atoms with van der Waals surface area (Å²) in [5.74, 6) is 0.522. The third kappa shape index (κ3) is 5.94. The van der Waals surface area contributed by atoms with Gasteiger partial charge in [-0.25, -0.2) is 0 Å². The number of hydrogen-bond donors (Lipinski definition) is 0. The minimum absolute atomic E-state index is 0.233. The van der Waals surface area contributed by atoms with Gasteiger partial charge in [-0.15, -0.1) is 0 Å². The molecular weight excluding hydrogens is 763 g/mol. The fourth-order valence-electron chi connectivity index (χ4n) is 10.7. The molecule has 3 atom stereocenters. The molecule has 2 nitrogen and oxygen atoms in total. The normalized spacial score (nSPS) is 17.5. The van der Waals surface area contributed by atoms with Crippen LogP contribution >= 0.6 is 0 Å². The van der Waals surface area contributed by atoms with Gasteiger partial charge in [-0.2, -0.15) is 0 Å². The molecule has 2 heteroatoms. The van der Waals surface area contributed by atoms with Crippen LogP contribution in [0.3, 0.4) is 0 Å². The van der Waals surface area contributed by atoms with E-state index in [0.29, 0.717) is 0 Å². The van der Waals surface area contributed by atoms with Crippen molar-refractivity contribution in [2.24, 2.45) is 5.92 Å². The largest absolute Gasteiger partial charge is 0.455 e. The summed E-state index contributed by atoms with van der Waals surface area (Å²) in [6, 6.07) is 81.8. The smallest absolute Gasteiger partial charge is 0.143 e. The molecule has 0 radical (unpaired) electrons. The Balaban J connectivity index is 1.07. The minimum Gasteiger partial charge on any atom is -0.455 e. The Bertz CT molecular complexity index is 3270. The maximum absolute atomic E-state index is 6.51. The lowest BCUT2D eigenvalue weighted by atomic mass is 9.63. The van der Waals surface area contributed by atoms with Crippen molar-refractivity contribution in [3.63, 3.8) is 0 Å². The zero-order chi connectivity index (χ0) is 41.7. The number of para-hydroxylation sites is 3. The molecule has 2 aliphatic carbocycles. The maximum atomic E-state index is 6.51. The second kappa shape index (κ2) is 15.2. The summed E-state index contributed by atoms with van der Waals surface area (Å²) in [4.78, 5) is 2.46. The molecule has 63 heavy (non-hydrogen) atoms. The van der Waals surface area contributed by atoms with Gasteiger partial charge in [0.05, 0.1) is 11.1 Å². The molecule has 12 rings (SSSR count). The lowest BCUT2D eigenvalue weighted by Gasteiger charge is -2.39. The lowest BCUT2D eigenvalue weighted by molar-refractivity contribution is 0.457. The molecule has 0 N–H and O–H groups in total. The third-order valence-electron chi connectivity index (χ3n) is 13.5. The second-order valence-electron chi connectivity index (χ2n) is 16.7. The topological polar surface area (TPSA) is 16.4 Å². The number of nitrogens with zero attached hydrogens (tertiary/aromatic N) is 1. The van der Waals surface area contributed by atoms with Gasteiger partial charge < -0.3 is 9.32 Å². The Morgan fingerprint density at radius 1 is 0.397 bits per heavy atom. The molecule has 1 heterocycles.